The number of pyridine rings is 1. The topological polar surface area (TPSA) is 104 Å². The van der Waals surface area contributed by atoms with Crippen LogP contribution in [-0.2, 0) is 4.74 Å². The van der Waals surface area contributed by atoms with Crippen LogP contribution in [0.1, 0.15) is 40.0 Å². The number of rotatable bonds is 5. The van der Waals surface area contributed by atoms with Crippen LogP contribution < -0.4 is 9.64 Å². The van der Waals surface area contributed by atoms with E-state index < -0.39 is 11.4 Å². The number of hydrogen-bond acceptors (Lipinski definition) is 9. The van der Waals surface area contributed by atoms with Gasteiger partial charge in [0.1, 0.15) is 29.6 Å². The summed E-state index contributed by atoms with van der Waals surface area (Å²) >= 11 is 6.65. The number of phenolic OH excluding ortho intramolecular Hbond substituents is 1. The van der Waals surface area contributed by atoms with Crippen molar-refractivity contribution in [2.75, 3.05) is 38.2 Å². The van der Waals surface area contributed by atoms with Crippen molar-refractivity contribution in [1.29, 1.82) is 0 Å². The van der Waals surface area contributed by atoms with Gasteiger partial charge in [-0.3, -0.25) is 0 Å². The van der Waals surface area contributed by atoms with Gasteiger partial charge < -0.3 is 29.3 Å². The number of carbonyl (C=O) groups excluding carboxylic acids is 1. The number of benzene rings is 1. The summed E-state index contributed by atoms with van der Waals surface area (Å²) in [5.74, 6) is -0.319. The van der Waals surface area contributed by atoms with Crippen LogP contribution in [0.2, 0.25) is 5.02 Å². The minimum Gasteiger partial charge on any atom is -0.507 e. The van der Waals surface area contributed by atoms with Crippen molar-refractivity contribution >= 4 is 34.5 Å². The molecular formula is C29H34ClFN6O4. The van der Waals surface area contributed by atoms with Crippen molar-refractivity contribution in [1.82, 2.24) is 24.8 Å². The Bertz CT molecular complexity index is 1480. The van der Waals surface area contributed by atoms with E-state index in [2.05, 4.69) is 26.8 Å². The van der Waals surface area contributed by atoms with Crippen molar-refractivity contribution in [2.24, 2.45) is 0 Å². The van der Waals surface area contributed by atoms with E-state index in [1.54, 1.807) is 11.0 Å². The van der Waals surface area contributed by atoms with Crippen LogP contribution in [0.3, 0.4) is 0 Å². The van der Waals surface area contributed by atoms with Gasteiger partial charge in [0.2, 0.25) is 0 Å². The maximum atomic E-state index is 14.8. The van der Waals surface area contributed by atoms with Gasteiger partial charge in [0, 0.05) is 19.1 Å². The van der Waals surface area contributed by atoms with Gasteiger partial charge in [0.15, 0.2) is 5.65 Å². The van der Waals surface area contributed by atoms with Gasteiger partial charge in [0.05, 0.1) is 33.7 Å². The fraction of sp³-hybridized carbons (Fsp3) is 0.517. The first-order valence-corrected chi connectivity index (χ1v) is 14.3. The predicted octanol–water partition coefficient (Wildman–Crippen LogP) is 4.86. The highest BCUT2D eigenvalue weighted by Crippen LogP contribution is 2.43. The number of phenols is 1. The number of likely N-dealkylation sites (tertiary alicyclic amines) is 1. The fourth-order valence-corrected chi connectivity index (χ4v) is 6.00. The molecule has 218 valence electrons. The third-order valence-corrected chi connectivity index (χ3v) is 8.20. The largest absolute Gasteiger partial charge is 0.507 e. The van der Waals surface area contributed by atoms with Crippen LogP contribution in [0.25, 0.3) is 22.3 Å². The monoisotopic (exact) mass is 584 g/mol. The molecule has 3 aromatic rings. The van der Waals surface area contributed by atoms with Gasteiger partial charge >= 0.3 is 12.1 Å². The SMILES string of the molecule is CN1CCC[C@H]1COc1nc(N2CCN(C(=O)OC(C)(C)C)C3CC32)c2cc(Cl)c(-c3c(O)cccc3F)nc2n1. The number of aromatic nitrogens is 3. The molecule has 1 amide bonds. The standard InChI is InChI=1S/C29H34ClFN6O4/c1-29(2,3)41-28(39)37-12-11-36(20-14-21(20)37)26-17-13-18(30)24(23-19(31)8-5-9-22(23)38)32-25(17)33-27(34-26)40-15-16-7-6-10-35(16)4/h5,8-9,13,16,20-21,38H,6-7,10-12,14-15H2,1-4H3/t16-,20?,21?/m0/s1. The molecule has 0 bridgehead atoms. The minimum absolute atomic E-state index is 0.00168. The summed E-state index contributed by atoms with van der Waals surface area (Å²) in [7, 11) is 2.07. The van der Waals surface area contributed by atoms with E-state index in [-0.39, 0.29) is 57.9 Å². The molecule has 2 saturated heterocycles. The summed E-state index contributed by atoms with van der Waals surface area (Å²) in [6, 6.07) is 6.16. The first-order valence-electron chi connectivity index (χ1n) is 14.0. The van der Waals surface area contributed by atoms with E-state index in [4.69, 9.17) is 26.1 Å². The maximum Gasteiger partial charge on any atom is 0.410 e. The molecule has 6 rings (SSSR count). The molecule has 2 aliphatic heterocycles. The molecule has 10 nitrogen and oxygen atoms in total. The van der Waals surface area contributed by atoms with Crippen LogP contribution in [-0.4, -0.2) is 93.0 Å². The lowest BCUT2D eigenvalue weighted by Crippen LogP contribution is -2.50. The summed E-state index contributed by atoms with van der Waals surface area (Å²) in [6.07, 6.45) is 2.59. The second-order valence-corrected chi connectivity index (χ2v) is 12.4. The van der Waals surface area contributed by atoms with Gasteiger partial charge in [0.25, 0.3) is 0 Å². The van der Waals surface area contributed by atoms with Crippen LogP contribution in [0.4, 0.5) is 15.0 Å². The highest BCUT2D eigenvalue weighted by Gasteiger charge is 2.52. The number of carbonyl (C=O) groups is 1. The molecule has 0 radical (unpaired) electrons. The number of amides is 1. The van der Waals surface area contributed by atoms with Crippen molar-refractivity contribution < 1.29 is 23.8 Å². The minimum atomic E-state index is -0.645. The quantitative estimate of drug-likeness (QED) is 0.450. The summed E-state index contributed by atoms with van der Waals surface area (Å²) in [6.45, 7) is 7.99. The average molecular weight is 585 g/mol. The molecule has 41 heavy (non-hydrogen) atoms. The Kier molecular flexibility index (Phi) is 7.05. The normalized spacial score (nSPS) is 22.6. The molecule has 2 unspecified atom stereocenters. The summed E-state index contributed by atoms with van der Waals surface area (Å²) in [4.78, 5) is 33.0. The second kappa shape index (κ2) is 10.4. The zero-order valence-electron chi connectivity index (χ0n) is 23.6. The Balaban J connectivity index is 1.37. The average Bonchev–Trinajstić information content (AvgIpc) is 3.60. The van der Waals surface area contributed by atoms with E-state index in [9.17, 15) is 14.3 Å². The highest BCUT2D eigenvalue weighted by atomic mass is 35.5. The number of nitrogens with zero attached hydrogens (tertiary/aromatic N) is 6. The number of likely N-dealkylation sites (N-methyl/N-ethyl adjacent to an activating group) is 1. The van der Waals surface area contributed by atoms with Crippen molar-refractivity contribution in [2.45, 2.75) is 63.8 Å². The van der Waals surface area contributed by atoms with Crippen LogP contribution in [0.15, 0.2) is 24.3 Å². The number of hydrogen-bond donors (Lipinski definition) is 1. The zero-order valence-corrected chi connectivity index (χ0v) is 24.4. The van der Waals surface area contributed by atoms with E-state index in [0.717, 1.165) is 25.8 Å². The Morgan fingerprint density at radius 2 is 1.98 bits per heavy atom. The predicted molar refractivity (Wildman–Crippen MR) is 153 cm³/mol. The first kappa shape index (κ1) is 27.7. The molecule has 3 atom stereocenters. The Morgan fingerprint density at radius 3 is 2.68 bits per heavy atom. The molecule has 1 aliphatic carbocycles. The van der Waals surface area contributed by atoms with Crippen LogP contribution in [0, 0.1) is 5.82 Å². The molecule has 3 fully saturated rings. The van der Waals surface area contributed by atoms with Gasteiger partial charge in [-0.25, -0.2) is 14.2 Å². The van der Waals surface area contributed by atoms with E-state index in [1.807, 2.05) is 20.8 Å². The fourth-order valence-electron chi connectivity index (χ4n) is 5.76. The molecule has 4 heterocycles. The summed E-state index contributed by atoms with van der Waals surface area (Å²) < 4.78 is 26.5. The van der Waals surface area contributed by atoms with Gasteiger partial charge in [-0.2, -0.15) is 9.97 Å². The Labute approximate surface area is 243 Å². The summed E-state index contributed by atoms with van der Waals surface area (Å²) in [5.41, 5.74) is -0.310. The first-order chi connectivity index (χ1) is 19.5. The molecular weight excluding hydrogens is 551 g/mol. The molecule has 3 aliphatic rings. The second-order valence-electron chi connectivity index (χ2n) is 12.0. The van der Waals surface area contributed by atoms with E-state index in [1.165, 1.54) is 18.2 Å². The van der Waals surface area contributed by atoms with Crippen molar-refractivity contribution in [3.8, 4) is 23.0 Å². The molecule has 1 saturated carbocycles. The number of ether oxygens (including phenoxy) is 2. The molecule has 2 aromatic heterocycles. The van der Waals surface area contributed by atoms with Gasteiger partial charge in [-0.1, -0.05) is 17.7 Å². The van der Waals surface area contributed by atoms with Gasteiger partial charge in [-0.05, 0) is 71.8 Å². The summed E-state index contributed by atoms with van der Waals surface area (Å²) in [5, 5.41) is 11.1. The Hall–Kier alpha value is -3.44. The molecule has 12 heteroatoms. The smallest absolute Gasteiger partial charge is 0.410 e. The van der Waals surface area contributed by atoms with Crippen LogP contribution in [0.5, 0.6) is 11.8 Å². The highest BCUT2D eigenvalue weighted by molar-refractivity contribution is 6.34. The van der Waals surface area contributed by atoms with Crippen LogP contribution >= 0.6 is 11.6 Å². The van der Waals surface area contributed by atoms with Gasteiger partial charge in [-0.15, -0.1) is 0 Å². The number of fused-ring (bicyclic) bond motifs is 2. The number of halogens is 2. The number of aromatic hydroxyl groups is 1. The lowest BCUT2D eigenvalue weighted by Gasteiger charge is -2.36. The van der Waals surface area contributed by atoms with Crippen molar-refractivity contribution in [3.63, 3.8) is 0 Å². The number of anilines is 1. The van der Waals surface area contributed by atoms with E-state index in [0.29, 0.717) is 30.9 Å². The lowest BCUT2D eigenvalue weighted by molar-refractivity contribution is 0.0218. The zero-order chi connectivity index (χ0) is 29.1. The third kappa shape index (κ3) is 5.44. The molecule has 0 spiro atoms. The van der Waals surface area contributed by atoms with Crippen molar-refractivity contribution in [3.05, 3.63) is 35.1 Å². The maximum absolute atomic E-state index is 14.8. The number of piperazine rings is 1. The molecule has 1 aromatic carbocycles. The van der Waals surface area contributed by atoms with E-state index >= 15 is 0 Å². The third-order valence-electron chi connectivity index (χ3n) is 7.91. The molecule has 1 N–H and O–H groups in total. The Morgan fingerprint density at radius 1 is 1.17 bits per heavy atom. The lowest BCUT2D eigenvalue weighted by atomic mass is 10.1.